The largest absolute Gasteiger partial charge is 0.355 e. The van der Waals surface area contributed by atoms with E-state index in [1.165, 1.54) is 11.8 Å². The molecule has 0 atom stereocenters. The summed E-state index contributed by atoms with van der Waals surface area (Å²) in [4.78, 5) is 33.1. The summed E-state index contributed by atoms with van der Waals surface area (Å²) in [5.74, 6) is 0.722. The Morgan fingerprint density at radius 1 is 1.09 bits per heavy atom. The first-order chi connectivity index (χ1) is 15.8. The van der Waals surface area contributed by atoms with Gasteiger partial charge in [0.1, 0.15) is 21.8 Å². The van der Waals surface area contributed by atoms with Crippen LogP contribution in [-0.2, 0) is 11.3 Å². The number of rotatable bonds is 8. The third-order valence-electron chi connectivity index (χ3n) is 6.23. The topological polar surface area (TPSA) is 72.6 Å². The van der Waals surface area contributed by atoms with Crippen molar-refractivity contribution in [1.82, 2.24) is 14.4 Å². The van der Waals surface area contributed by atoms with Crippen LogP contribution in [0.3, 0.4) is 0 Å². The van der Waals surface area contributed by atoms with Crippen LogP contribution in [0.15, 0.2) is 9.70 Å². The van der Waals surface area contributed by atoms with E-state index in [9.17, 15) is 14.9 Å². The number of piperazine rings is 1. The number of hydrogen-bond donors (Lipinski definition) is 0. The molecule has 7 nitrogen and oxygen atoms in total. The highest BCUT2D eigenvalue weighted by atomic mass is 32.2. The number of thioether (sulfide) groups is 1. The van der Waals surface area contributed by atoms with Crippen LogP contribution in [0.2, 0.25) is 0 Å². The predicted octanol–water partition coefficient (Wildman–Crippen LogP) is 3.58. The number of hydrogen-bond acceptors (Lipinski definition) is 7. The molecule has 0 unspecified atom stereocenters. The van der Waals surface area contributed by atoms with Crippen LogP contribution in [0.25, 0.3) is 6.08 Å². The average molecular weight is 488 g/mol. The van der Waals surface area contributed by atoms with Gasteiger partial charge in [-0.15, -0.1) is 0 Å². The Labute approximate surface area is 206 Å². The van der Waals surface area contributed by atoms with Crippen molar-refractivity contribution >= 4 is 46.1 Å². The molecule has 2 aliphatic rings. The Hall–Kier alpha value is -2.15. The maximum Gasteiger partial charge on any atom is 0.270 e. The summed E-state index contributed by atoms with van der Waals surface area (Å²) >= 11 is 6.81. The van der Waals surface area contributed by atoms with Gasteiger partial charge in [-0.1, -0.05) is 50.7 Å². The van der Waals surface area contributed by atoms with E-state index in [0.29, 0.717) is 27.9 Å². The van der Waals surface area contributed by atoms with Gasteiger partial charge in [0.25, 0.3) is 11.5 Å². The van der Waals surface area contributed by atoms with Crippen LogP contribution < -0.4 is 10.5 Å². The Morgan fingerprint density at radius 3 is 2.39 bits per heavy atom. The van der Waals surface area contributed by atoms with Crippen molar-refractivity contribution in [3.05, 3.63) is 31.9 Å². The molecule has 1 aromatic rings. The highest BCUT2D eigenvalue weighted by molar-refractivity contribution is 8.26. The molecule has 1 aromatic heterocycles. The Morgan fingerprint density at radius 2 is 1.79 bits per heavy atom. The summed E-state index contributed by atoms with van der Waals surface area (Å²) in [6.07, 6.45) is 5.67. The van der Waals surface area contributed by atoms with E-state index in [4.69, 9.17) is 12.2 Å². The number of carbonyl (C=O) groups is 1. The van der Waals surface area contributed by atoms with Gasteiger partial charge in [-0.3, -0.25) is 19.1 Å². The molecule has 0 spiro atoms. The lowest BCUT2D eigenvalue weighted by Crippen LogP contribution is -2.47. The molecule has 2 saturated heterocycles. The molecular weight excluding hydrogens is 454 g/mol. The number of nitriles is 1. The first-order valence-electron chi connectivity index (χ1n) is 11.7. The second-order valence-electron chi connectivity index (χ2n) is 8.64. The van der Waals surface area contributed by atoms with Crippen LogP contribution in [0.5, 0.6) is 0 Å². The fraction of sp³-hybridized carbons (Fsp3) is 0.583. The number of anilines is 1. The van der Waals surface area contributed by atoms with E-state index in [1.54, 1.807) is 9.47 Å². The van der Waals surface area contributed by atoms with Gasteiger partial charge in [0, 0.05) is 44.8 Å². The maximum absolute atomic E-state index is 13.2. The van der Waals surface area contributed by atoms with E-state index >= 15 is 0 Å². The van der Waals surface area contributed by atoms with Gasteiger partial charge in [-0.05, 0) is 38.5 Å². The van der Waals surface area contributed by atoms with Gasteiger partial charge < -0.3 is 9.80 Å². The second kappa shape index (κ2) is 11.3. The van der Waals surface area contributed by atoms with Gasteiger partial charge >= 0.3 is 0 Å². The van der Waals surface area contributed by atoms with E-state index < -0.39 is 0 Å². The van der Waals surface area contributed by atoms with Crippen LogP contribution in [-0.4, -0.2) is 64.4 Å². The molecule has 178 valence electrons. The molecule has 0 aliphatic carbocycles. The van der Waals surface area contributed by atoms with Gasteiger partial charge in [0.05, 0.1) is 4.91 Å². The molecule has 3 heterocycles. The molecule has 3 rings (SSSR count). The summed E-state index contributed by atoms with van der Waals surface area (Å²) < 4.78 is 2.30. The monoisotopic (exact) mass is 487 g/mol. The Balaban J connectivity index is 2.13. The van der Waals surface area contributed by atoms with Crippen LogP contribution in [0, 0.1) is 18.3 Å². The molecule has 2 aliphatic heterocycles. The number of thiocarbonyl (C=S) groups is 1. The van der Waals surface area contributed by atoms with Crippen LogP contribution in [0.1, 0.15) is 56.2 Å². The van der Waals surface area contributed by atoms with Gasteiger partial charge in [0.15, 0.2) is 0 Å². The van der Waals surface area contributed by atoms with Gasteiger partial charge in [-0.25, -0.2) is 0 Å². The fourth-order valence-electron chi connectivity index (χ4n) is 4.28. The predicted molar refractivity (Wildman–Crippen MR) is 140 cm³/mol. The summed E-state index contributed by atoms with van der Waals surface area (Å²) in [7, 11) is 2.09. The average Bonchev–Trinajstić information content (AvgIpc) is 3.06. The SMILES string of the molecule is CCCCCN1C(=O)/C(=C\c2c(C)c(C#N)c(=O)n(CCC)c2N2CCN(C)CC2)SC1=S. The molecule has 0 radical (unpaired) electrons. The van der Waals surface area contributed by atoms with Crippen molar-refractivity contribution in [3.63, 3.8) is 0 Å². The lowest BCUT2D eigenvalue weighted by atomic mass is 10.0. The number of unbranched alkanes of at least 4 members (excludes halogenated alkanes) is 2. The first kappa shape index (κ1) is 25.5. The highest BCUT2D eigenvalue weighted by Crippen LogP contribution is 2.36. The van der Waals surface area contributed by atoms with Crippen LogP contribution >= 0.6 is 24.0 Å². The normalized spacial score (nSPS) is 18.5. The Kier molecular flexibility index (Phi) is 8.74. The minimum Gasteiger partial charge on any atom is -0.355 e. The molecule has 0 bridgehead atoms. The number of aromatic nitrogens is 1. The number of likely N-dealkylation sites (N-methyl/N-ethyl adjacent to an activating group) is 1. The van der Waals surface area contributed by atoms with Crippen LogP contribution in [0.4, 0.5) is 5.82 Å². The van der Waals surface area contributed by atoms with Gasteiger partial charge in [-0.2, -0.15) is 5.26 Å². The van der Waals surface area contributed by atoms with E-state index in [0.717, 1.165) is 63.2 Å². The zero-order valence-corrected chi connectivity index (χ0v) is 21.7. The van der Waals surface area contributed by atoms with Crippen molar-refractivity contribution in [2.45, 2.75) is 53.0 Å². The van der Waals surface area contributed by atoms with Crippen molar-refractivity contribution in [1.29, 1.82) is 5.26 Å². The van der Waals surface area contributed by atoms with E-state index in [1.807, 2.05) is 19.9 Å². The van der Waals surface area contributed by atoms with Crippen molar-refractivity contribution < 1.29 is 4.79 Å². The lowest BCUT2D eigenvalue weighted by Gasteiger charge is -2.36. The van der Waals surface area contributed by atoms with E-state index in [-0.39, 0.29) is 17.0 Å². The standard InChI is InChI=1S/C24H33N5O2S2/c1-5-7-8-10-29-23(31)20(33-24(29)32)15-18-17(3)19(16-25)22(30)28(9-6-2)21(18)27-13-11-26(4)12-14-27/h15H,5-14H2,1-4H3/b20-15+. The molecule has 0 aromatic carbocycles. The minimum absolute atomic E-state index is 0.0865. The van der Waals surface area contributed by atoms with Crippen molar-refractivity contribution in [2.75, 3.05) is 44.7 Å². The zero-order chi connectivity index (χ0) is 24.1. The molecular formula is C24H33N5O2S2. The molecule has 0 saturated carbocycles. The molecule has 0 N–H and O–H groups in total. The lowest BCUT2D eigenvalue weighted by molar-refractivity contribution is -0.122. The fourth-order valence-corrected chi connectivity index (χ4v) is 5.57. The van der Waals surface area contributed by atoms with Crippen molar-refractivity contribution in [3.8, 4) is 6.07 Å². The summed E-state index contributed by atoms with van der Waals surface area (Å²) in [6.45, 7) is 10.4. The zero-order valence-electron chi connectivity index (χ0n) is 20.0. The first-order valence-corrected chi connectivity index (χ1v) is 12.9. The summed E-state index contributed by atoms with van der Waals surface area (Å²) in [6, 6.07) is 2.11. The number of pyridine rings is 1. The summed E-state index contributed by atoms with van der Waals surface area (Å²) in [5, 5.41) is 9.76. The highest BCUT2D eigenvalue weighted by Gasteiger charge is 2.33. The number of nitrogens with zero attached hydrogens (tertiary/aromatic N) is 5. The second-order valence-corrected chi connectivity index (χ2v) is 10.3. The van der Waals surface area contributed by atoms with E-state index in [2.05, 4.69) is 29.8 Å². The number of carbonyl (C=O) groups excluding carboxylic acids is 1. The maximum atomic E-state index is 13.2. The summed E-state index contributed by atoms with van der Waals surface area (Å²) in [5.41, 5.74) is 1.29. The third kappa shape index (κ3) is 5.34. The number of amides is 1. The quantitative estimate of drug-likeness (QED) is 0.315. The van der Waals surface area contributed by atoms with Gasteiger partial charge in [0.2, 0.25) is 0 Å². The third-order valence-corrected chi connectivity index (χ3v) is 7.61. The molecule has 2 fully saturated rings. The van der Waals surface area contributed by atoms with Crippen molar-refractivity contribution in [2.24, 2.45) is 0 Å². The molecule has 1 amide bonds. The smallest absolute Gasteiger partial charge is 0.270 e. The minimum atomic E-state index is -0.255. The molecule has 33 heavy (non-hydrogen) atoms. The molecule has 9 heteroatoms. The Bertz CT molecular complexity index is 1050.